The zero-order chi connectivity index (χ0) is 13.0. The summed E-state index contributed by atoms with van der Waals surface area (Å²) in [5.41, 5.74) is 1.67. The number of hydrogen-bond acceptors (Lipinski definition) is 2. The Bertz CT molecular complexity index is 392. The van der Waals surface area contributed by atoms with E-state index >= 15 is 0 Å². The second-order valence-electron chi connectivity index (χ2n) is 5.18. The molecule has 1 aromatic rings. The fourth-order valence-corrected chi connectivity index (χ4v) is 3.72. The van der Waals surface area contributed by atoms with Gasteiger partial charge in [-0.25, -0.2) is 0 Å². The molecule has 0 aliphatic carbocycles. The Labute approximate surface area is 118 Å². The predicted octanol–water partition coefficient (Wildman–Crippen LogP) is 3.57. The molecule has 100 valence electrons. The summed E-state index contributed by atoms with van der Waals surface area (Å²) in [6.45, 7) is 5.27. The van der Waals surface area contributed by atoms with Crippen molar-refractivity contribution in [3.8, 4) is 0 Å². The Morgan fingerprint density at radius 1 is 1.44 bits per heavy atom. The van der Waals surface area contributed by atoms with Crippen molar-refractivity contribution in [3.63, 3.8) is 0 Å². The first kappa shape index (κ1) is 14.0. The van der Waals surface area contributed by atoms with Crippen LogP contribution in [-0.2, 0) is 4.74 Å². The van der Waals surface area contributed by atoms with Gasteiger partial charge in [0.15, 0.2) is 0 Å². The standard InChI is InChI=1S/C15H22BrNO/c1-3-15(11-18-2)8-9-17-10-13(15)12-6-4-5-7-14(12)16/h4-7,13,17H,3,8-11H2,1-2H3. The van der Waals surface area contributed by atoms with Gasteiger partial charge in [-0.2, -0.15) is 0 Å². The summed E-state index contributed by atoms with van der Waals surface area (Å²) in [6.07, 6.45) is 2.35. The number of hydrogen-bond donors (Lipinski definition) is 1. The van der Waals surface area contributed by atoms with Crippen molar-refractivity contribution < 1.29 is 4.74 Å². The first-order chi connectivity index (χ1) is 8.73. The van der Waals surface area contributed by atoms with Gasteiger partial charge < -0.3 is 10.1 Å². The van der Waals surface area contributed by atoms with E-state index in [4.69, 9.17) is 4.74 Å². The molecule has 2 unspecified atom stereocenters. The van der Waals surface area contributed by atoms with Crippen molar-refractivity contribution in [1.29, 1.82) is 0 Å². The minimum absolute atomic E-state index is 0.268. The van der Waals surface area contributed by atoms with E-state index in [-0.39, 0.29) is 5.41 Å². The zero-order valence-electron chi connectivity index (χ0n) is 11.2. The Morgan fingerprint density at radius 3 is 2.89 bits per heavy atom. The maximum atomic E-state index is 5.52. The van der Waals surface area contributed by atoms with Crippen LogP contribution in [0.2, 0.25) is 0 Å². The molecule has 2 atom stereocenters. The molecule has 2 rings (SSSR count). The normalized spacial score (nSPS) is 28.3. The highest BCUT2D eigenvalue weighted by Gasteiger charge is 2.40. The summed E-state index contributed by atoms with van der Waals surface area (Å²) in [5, 5.41) is 3.53. The van der Waals surface area contributed by atoms with Crippen LogP contribution >= 0.6 is 15.9 Å². The molecule has 1 fully saturated rings. The molecule has 2 nitrogen and oxygen atoms in total. The fraction of sp³-hybridized carbons (Fsp3) is 0.600. The lowest BCUT2D eigenvalue weighted by molar-refractivity contribution is 0.0330. The number of methoxy groups -OCH3 is 1. The Balaban J connectivity index is 2.35. The van der Waals surface area contributed by atoms with Crippen LogP contribution < -0.4 is 5.32 Å². The average Bonchev–Trinajstić information content (AvgIpc) is 2.40. The van der Waals surface area contributed by atoms with E-state index in [1.165, 1.54) is 16.5 Å². The van der Waals surface area contributed by atoms with E-state index in [1.54, 1.807) is 0 Å². The summed E-state index contributed by atoms with van der Waals surface area (Å²) in [5.74, 6) is 0.520. The molecule has 1 heterocycles. The minimum atomic E-state index is 0.268. The maximum absolute atomic E-state index is 5.52. The largest absolute Gasteiger partial charge is 0.384 e. The molecular formula is C15H22BrNO. The van der Waals surface area contributed by atoms with Crippen LogP contribution in [0.3, 0.4) is 0 Å². The molecule has 0 amide bonds. The van der Waals surface area contributed by atoms with Crippen LogP contribution in [0, 0.1) is 5.41 Å². The van der Waals surface area contributed by atoms with Gasteiger partial charge in [0.1, 0.15) is 0 Å². The fourth-order valence-electron chi connectivity index (χ4n) is 3.16. The zero-order valence-corrected chi connectivity index (χ0v) is 12.8. The SMILES string of the molecule is CCC1(COC)CCNCC1c1ccccc1Br. The van der Waals surface area contributed by atoms with Crippen LogP contribution in [0.25, 0.3) is 0 Å². The molecular weight excluding hydrogens is 290 g/mol. The van der Waals surface area contributed by atoms with E-state index < -0.39 is 0 Å². The summed E-state index contributed by atoms with van der Waals surface area (Å²) in [4.78, 5) is 0. The average molecular weight is 312 g/mol. The molecule has 18 heavy (non-hydrogen) atoms. The number of rotatable bonds is 4. The third-order valence-electron chi connectivity index (χ3n) is 4.30. The van der Waals surface area contributed by atoms with Crippen LogP contribution in [0.1, 0.15) is 31.2 Å². The molecule has 0 spiro atoms. The minimum Gasteiger partial charge on any atom is -0.384 e. The van der Waals surface area contributed by atoms with E-state index in [0.29, 0.717) is 5.92 Å². The lowest BCUT2D eigenvalue weighted by Crippen LogP contribution is -2.46. The van der Waals surface area contributed by atoms with Gasteiger partial charge in [0.2, 0.25) is 0 Å². The molecule has 0 saturated carbocycles. The summed E-state index contributed by atoms with van der Waals surface area (Å²) in [6, 6.07) is 8.58. The van der Waals surface area contributed by atoms with Gasteiger partial charge in [0.25, 0.3) is 0 Å². The lowest BCUT2D eigenvalue weighted by Gasteiger charge is -2.44. The summed E-state index contributed by atoms with van der Waals surface area (Å²) < 4.78 is 6.74. The van der Waals surface area contributed by atoms with Crippen LogP contribution in [0.15, 0.2) is 28.7 Å². The van der Waals surface area contributed by atoms with Gasteiger partial charge in [-0.1, -0.05) is 41.1 Å². The van der Waals surface area contributed by atoms with Crippen LogP contribution in [0.5, 0.6) is 0 Å². The van der Waals surface area contributed by atoms with E-state index in [9.17, 15) is 0 Å². The van der Waals surface area contributed by atoms with Gasteiger partial charge >= 0.3 is 0 Å². The smallest absolute Gasteiger partial charge is 0.0525 e. The summed E-state index contributed by atoms with van der Waals surface area (Å²) >= 11 is 3.70. The Kier molecular flexibility index (Phi) is 4.82. The topological polar surface area (TPSA) is 21.3 Å². The van der Waals surface area contributed by atoms with E-state index in [0.717, 1.165) is 26.1 Å². The second-order valence-corrected chi connectivity index (χ2v) is 6.03. The van der Waals surface area contributed by atoms with Crippen molar-refractivity contribution in [2.24, 2.45) is 5.41 Å². The second kappa shape index (κ2) is 6.18. The van der Waals surface area contributed by atoms with E-state index in [2.05, 4.69) is 52.4 Å². The first-order valence-electron chi connectivity index (χ1n) is 6.67. The molecule has 0 bridgehead atoms. The third-order valence-corrected chi connectivity index (χ3v) is 5.03. The van der Waals surface area contributed by atoms with Crippen molar-refractivity contribution in [2.75, 3.05) is 26.8 Å². The van der Waals surface area contributed by atoms with Crippen molar-refractivity contribution in [1.82, 2.24) is 5.32 Å². The summed E-state index contributed by atoms with van der Waals surface area (Å²) in [7, 11) is 1.82. The predicted molar refractivity (Wildman–Crippen MR) is 79.0 cm³/mol. The quantitative estimate of drug-likeness (QED) is 0.918. The number of halogens is 1. The monoisotopic (exact) mass is 311 g/mol. The Hall–Kier alpha value is -0.380. The van der Waals surface area contributed by atoms with Crippen LogP contribution in [-0.4, -0.2) is 26.8 Å². The molecule has 1 aromatic carbocycles. The van der Waals surface area contributed by atoms with Crippen molar-refractivity contribution in [3.05, 3.63) is 34.3 Å². The van der Waals surface area contributed by atoms with Gasteiger partial charge in [-0.3, -0.25) is 0 Å². The highest BCUT2D eigenvalue weighted by atomic mass is 79.9. The van der Waals surface area contributed by atoms with Gasteiger partial charge in [-0.05, 0) is 31.0 Å². The molecule has 3 heteroatoms. The van der Waals surface area contributed by atoms with Gasteiger partial charge in [0.05, 0.1) is 6.61 Å². The number of piperidine rings is 1. The van der Waals surface area contributed by atoms with Gasteiger partial charge in [-0.15, -0.1) is 0 Å². The number of nitrogens with one attached hydrogen (secondary N) is 1. The Morgan fingerprint density at radius 2 is 2.22 bits per heavy atom. The van der Waals surface area contributed by atoms with Crippen molar-refractivity contribution >= 4 is 15.9 Å². The molecule has 1 N–H and O–H groups in total. The highest BCUT2D eigenvalue weighted by Crippen LogP contribution is 2.45. The first-order valence-corrected chi connectivity index (χ1v) is 7.47. The molecule has 1 saturated heterocycles. The molecule has 1 aliphatic rings. The molecule has 1 aliphatic heterocycles. The van der Waals surface area contributed by atoms with E-state index in [1.807, 2.05) is 7.11 Å². The van der Waals surface area contributed by atoms with Crippen molar-refractivity contribution in [2.45, 2.75) is 25.7 Å². The number of ether oxygens (including phenoxy) is 1. The van der Waals surface area contributed by atoms with Gasteiger partial charge in [0, 0.05) is 29.5 Å². The third kappa shape index (κ3) is 2.63. The lowest BCUT2D eigenvalue weighted by atomic mass is 9.67. The van der Waals surface area contributed by atoms with Crippen LogP contribution in [0.4, 0.5) is 0 Å². The maximum Gasteiger partial charge on any atom is 0.0525 e. The molecule has 0 radical (unpaired) electrons. The highest BCUT2D eigenvalue weighted by molar-refractivity contribution is 9.10. The number of benzene rings is 1. The molecule has 0 aromatic heterocycles.